The maximum absolute atomic E-state index is 12.0. The van der Waals surface area contributed by atoms with E-state index < -0.39 is 19.3 Å². The molecule has 0 aliphatic carbocycles. The Morgan fingerprint density at radius 1 is 1.21 bits per heavy atom. The molecule has 1 saturated heterocycles. The van der Waals surface area contributed by atoms with Gasteiger partial charge in [-0.15, -0.1) is 0 Å². The van der Waals surface area contributed by atoms with Crippen molar-refractivity contribution in [3.63, 3.8) is 0 Å². The van der Waals surface area contributed by atoms with Gasteiger partial charge < -0.3 is 34.6 Å². The molecule has 1 aliphatic rings. The molecule has 2 N–H and O–H groups in total. The van der Waals surface area contributed by atoms with Crippen LogP contribution in [0.5, 0.6) is 5.75 Å². The van der Waals surface area contributed by atoms with Gasteiger partial charge in [0.1, 0.15) is 31.8 Å². The van der Waals surface area contributed by atoms with E-state index in [0.29, 0.717) is 45.0 Å². The highest BCUT2D eigenvalue weighted by atomic mass is 31.2. The summed E-state index contributed by atoms with van der Waals surface area (Å²) in [6.45, 7) is 9.99. The topological polar surface area (TPSA) is 131 Å². The van der Waals surface area contributed by atoms with Gasteiger partial charge in [-0.25, -0.2) is 9.13 Å². The molecule has 0 radical (unpaired) electrons. The molecule has 2 heterocycles. The SMILES string of the molecule is CC[n+]1c(CN)n(CCOCCN2CCCCC2=O)c2cc(OCP(C)(C)=O)ccc21.O=C([O-])C(F)(F)F. The summed E-state index contributed by atoms with van der Waals surface area (Å²) in [5.74, 6) is -1.04. The molecule has 1 amide bonds. The molecule has 1 fully saturated rings. The first kappa shape index (κ1) is 31.6. The number of piperidine rings is 1. The Morgan fingerprint density at radius 2 is 1.87 bits per heavy atom. The highest BCUT2D eigenvalue weighted by molar-refractivity contribution is 7.62. The molecule has 0 saturated carbocycles. The van der Waals surface area contributed by atoms with Crippen LogP contribution in [0.25, 0.3) is 11.0 Å². The van der Waals surface area contributed by atoms with Gasteiger partial charge in [0.15, 0.2) is 11.0 Å². The summed E-state index contributed by atoms with van der Waals surface area (Å²) in [6.07, 6.45) is -2.25. The predicted molar refractivity (Wildman–Crippen MR) is 133 cm³/mol. The number of halogens is 3. The first-order valence-corrected chi connectivity index (χ1v) is 15.1. The number of ether oxygens (including phenoxy) is 2. The highest BCUT2D eigenvalue weighted by Gasteiger charge is 2.29. The minimum Gasteiger partial charge on any atom is -0.542 e. The van der Waals surface area contributed by atoms with Crippen LogP contribution in [0.4, 0.5) is 13.2 Å². The number of rotatable bonds is 11. The van der Waals surface area contributed by atoms with E-state index in [-0.39, 0.29) is 12.3 Å². The zero-order valence-corrected chi connectivity index (χ0v) is 22.9. The summed E-state index contributed by atoms with van der Waals surface area (Å²) in [7, 11) is -2.26. The van der Waals surface area contributed by atoms with Crippen molar-refractivity contribution >= 4 is 30.1 Å². The van der Waals surface area contributed by atoms with Gasteiger partial charge in [-0.1, -0.05) is 0 Å². The van der Waals surface area contributed by atoms with E-state index in [9.17, 15) is 22.5 Å². The first-order valence-electron chi connectivity index (χ1n) is 12.3. The molecule has 38 heavy (non-hydrogen) atoms. The second-order valence-corrected chi connectivity index (χ2v) is 12.7. The Kier molecular flexibility index (Phi) is 11.6. The predicted octanol–water partition coefficient (Wildman–Crippen LogP) is 1.69. The van der Waals surface area contributed by atoms with Gasteiger partial charge in [0.2, 0.25) is 5.91 Å². The molecule has 3 rings (SSSR count). The molecule has 1 aliphatic heterocycles. The molecule has 10 nitrogen and oxygen atoms in total. The number of carbonyl (C=O) groups is 2. The molecular weight excluding hydrogens is 528 g/mol. The van der Waals surface area contributed by atoms with Crippen molar-refractivity contribution in [2.45, 2.75) is 52.0 Å². The summed E-state index contributed by atoms with van der Waals surface area (Å²) in [4.78, 5) is 22.6. The molecular formula is C24H36F3N4O6P. The minimum absolute atomic E-state index is 0.217. The van der Waals surface area contributed by atoms with E-state index in [2.05, 4.69) is 16.1 Å². The fourth-order valence-electron chi connectivity index (χ4n) is 4.04. The van der Waals surface area contributed by atoms with E-state index in [1.807, 2.05) is 23.1 Å². The number of aryl methyl sites for hydroxylation is 1. The number of aliphatic carboxylic acids is 1. The van der Waals surface area contributed by atoms with Crippen molar-refractivity contribution in [1.29, 1.82) is 0 Å². The maximum atomic E-state index is 12.0. The molecule has 214 valence electrons. The molecule has 0 bridgehead atoms. The highest BCUT2D eigenvalue weighted by Crippen LogP contribution is 2.36. The maximum Gasteiger partial charge on any atom is 0.430 e. The van der Waals surface area contributed by atoms with Crippen LogP contribution in [-0.2, 0) is 38.5 Å². The van der Waals surface area contributed by atoms with Crippen LogP contribution < -0.4 is 20.1 Å². The zero-order chi connectivity index (χ0) is 28.5. The number of hydrogen-bond acceptors (Lipinski definition) is 7. The average molecular weight is 565 g/mol. The standard InChI is InChI=1S/C22H36N4O4P.C2HF3O2/c1-4-25-19-9-8-18(30-17-31(2,3)28)15-20(19)26(21(25)16-23)12-14-29-13-11-24-10-6-5-7-22(24)27;3-2(4,5)1(6)7/h8-9,15H,4-7,10-14,16-17,23H2,1-3H3;(H,6,7)/q+1;/p-1. The Hall–Kier alpha value is -2.63. The van der Waals surface area contributed by atoms with Crippen molar-refractivity contribution < 1.29 is 46.5 Å². The lowest BCUT2D eigenvalue weighted by Crippen LogP contribution is -2.38. The van der Waals surface area contributed by atoms with E-state index in [1.165, 1.54) is 0 Å². The van der Waals surface area contributed by atoms with Gasteiger partial charge in [-0.05, 0) is 45.2 Å². The van der Waals surface area contributed by atoms with E-state index in [1.54, 1.807) is 13.3 Å². The smallest absolute Gasteiger partial charge is 0.430 e. The number of hydrogen-bond donors (Lipinski definition) is 1. The van der Waals surface area contributed by atoms with Crippen LogP contribution in [0.1, 0.15) is 32.0 Å². The molecule has 0 atom stereocenters. The largest absolute Gasteiger partial charge is 0.542 e. The van der Waals surface area contributed by atoms with Crippen LogP contribution in [0.15, 0.2) is 18.2 Å². The third-order valence-corrected chi connectivity index (χ3v) is 6.56. The number of nitrogens with two attached hydrogens (primary N) is 1. The van der Waals surface area contributed by atoms with Crippen molar-refractivity contribution in [3.05, 3.63) is 24.0 Å². The Bertz CT molecular complexity index is 1150. The molecule has 1 aromatic heterocycles. The van der Waals surface area contributed by atoms with Crippen LogP contribution in [0.2, 0.25) is 0 Å². The number of alkyl halides is 3. The average Bonchev–Trinajstić information content (AvgIpc) is 3.14. The fourth-order valence-corrected chi connectivity index (χ4v) is 4.50. The molecule has 1 aromatic carbocycles. The lowest BCUT2D eigenvalue weighted by molar-refractivity contribution is -0.676. The molecule has 2 aromatic rings. The van der Waals surface area contributed by atoms with Gasteiger partial charge in [0.05, 0.1) is 26.3 Å². The van der Waals surface area contributed by atoms with E-state index in [4.69, 9.17) is 25.1 Å². The number of carboxylic acid groups (broad SMARTS) is 1. The van der Waals surface area contributed by atoms with Gasteiger partial charge >= 0.3 is 6.18 Å². The number of likely N-dealkylation sites (tertiary alicyclic amines) is 1. The summed E-state index contributed by atoms with van der Waals surface area (Å²) in [5.41, 5.74) is 8.21. The van der Waals surface area contributed by atoms with Crippen molar-refractivity contribution in [2.24, 2.45) is 5.73 Å². The van der Waals surface area contributed by atoms with Gasteiger partial charge in [0, 0.05) is 25.6 Å². The van der Waals surface area contributed by atoms with E-state index >= 15 is 0 Å². The Balaban J connectivity index is 0.000000638. The normalized spacial score (nSPS) is 14.4. The number of amides is 1. The third kappa shape index (κ3) is 9.28. The number of carboxylic acids is 1. The van der Waals surface area contributed by atoms with Gasteiger partial charge in [-0.2, -0.15) is 13.2 Å². The van der Waals surface area contributed by atoms with Crippen LogP contribution in [-0.4, -0.2) is 73.5 Å². The fraction of sp³-hybridized carbons (Fsp3) is 0.625. The number of carbonyl (C=O) groups excluding carboxylic acids is 2. The summed E-state index contributed by atoms with van der Waals surface area (Å²) in [6, 6.07) is 5.94. The Morgan fingerprint density at radius 3 is 2.42 bits per heavy atom. The number of nitrogens with zero attached hydrogens (tertiary/aromatic N) is 3. The first-order chi connectivity index (χ1) is 17.8. The monoisotopic (exact) mass is 564 g/mol. The number of aromatic nitrogens is 2. The molecule has 14 heteroatoms. The van der Waals surface area contributed by atoms with Gasteiger partial charge in [-0.3, -0.25) is 4.79 Å². The molecule has 0 unspecified atom stereocenters. The number of fused-ring (bicyclic) bond motifs is 1. The lowest BCUT2D eigenvalue weighted by atomic mass is 10.1. The minimum atomic E-state index is -5.19. The third-order valence-electron chi connectivity index (χ3n) is 5.81. The number of imidazole rings is 1. The molecule has 0 spiro atoms. The summed E-state index contributed by atoms with van der Waals surface area (Å²) >= 11 is 0. The zero-order valence-electron chi connectivity index (χ0n) is 22.0. The van der Waals surface area contributed by atoms with Gasteiger partial charge in [0.25, 0.3) is 5.82 Å². The summed E-state index contributed by atoms with van der Waals surface area (Å²) < 4.78 is 59.6. The van der Waals surface area contributed by atoms with Crippen molar-refractivity contribution in [1.82, 2.24) is 9.47 Å². The second kappa shape index (κ2) is 14.0. The lowest BCUT2D eigenvalue weighted by Gasteiger charge is -2.26. The van der Waals surface area contributed by atoms with Crippen LogP contribution in [0, 0.1) is 0 Å². The second-order valence-electron chi connectivity index (χ2n) is 9.25. The van der Waals surface area contributed by atoms with Crippen LogP contribution in [0.3, 0.4) is 0 Å². The number of benzene rings is 1. The Labute approximate surface area is 219 Å². The van der Waals surface area contributed by atoms with Crippen LogP contribution >= 0.6 is 7.14 Å². The van der Waals surface area contributed by atoms with Crippen molar-refractivity contribution in [2.75, 3.05) is 46.0 Å². The van der Waals surface area contributed by atoms with Crippen molar-refractivity contribution in [3.8, 4) is 5.75 Å². The van der Waals surface area contributed by atoms with E-state index in [0.717, 1.165) is 42.8 Å². The summed E-state index contributed by atoms with van der Waals surface area (Å²) in [5, 5.41) is 8.78. The quantitative estimate of drug-likeness (QED) is 0.250.